The van der Waals surface area contributed by atoms with Crippen molar-refractivity contribution in [3.63, 3.8) is 0 Å². The molecule has 46 heavy (non-hydrogen) atoms. The Morgan fingerprint density at radius 2 is 1.76 bits per heavy atom. The lowest BCUT2D eigenvalue weighted by atomic mass is 10.1. The van der Waals surface area contributed by atoms with Crippen LogP contribution in [0, 0.1) is 5.82 Å². The number of methoxy groups -OCH3 is 1. The maximum Gasteiger partial charge on any atom is 0.416 e. The normalized spacial score (nSPS) is 13.9. The third-order valence-corrected chi connectivity index (χ3v) is 7.34. The van der Waals surface area contributed by atoms with Gasteiger partial charge in [-0.25, -0.2) is 14.6 Å². The largest absolute Gasteiger partial charge is 0.493 e. The lowest BCUT2D eigenvalue weighted by Crippen LogP contribution is -2.31. The number of nitrogens with zero attached hydrogens (tertiary/aromatic N) is 3. The number of hydrogen-bond donors (Lipinski definition) is 2. The molecule has 9 nitrogen and oxygen atoms in total. The molecular formula is C33H33F4N5O4. The average Bonchev–Trinajstić information content (AvgIpc) is 3.04. The minimum absolute atomic E-state index is 0.0872. The smallest absolute Gasteiger partial charge is 0.416 e. The van der Waals surface area contributed by atoms with Gasteiger partial charge in [-0.1, -0.05) is 18.6 Å². The Balaban J connectivity index is 1.18. The van der Waals surface area contributed by atoms with E-state index in [-0.39, 0.29) is 11.4 Å². The summed E-state index contributed by atoms with van der Waals surface area (Å²) in [7, 11) is 1.54. The molecule has 242 valence electrons. The molecule has 3 aromatic carbocycles. The number of ether oxygens (including phenoxy) is 3. The lowest BCUT2D eigenvalue weighted by Gasteiger charge is -2.26. The number of likely N-dealkylation sites (tertiary alicyclic amines) is 1. The van der Waals surface area contributed by atoms with Gasteiger partial charge in [-0.05, 0) is 74.3 Å². The second-order valence-corrected chi connectivity index (χ2v) is 10.6. The van der Waals surface area contributed by atoms with Crippen LogP contribution in [0.4, 0.5) is 28.0 Å². The summed E-state index contributed by atoms with van der Waals surface area (Å²) in [5, 5.41) is 6.72. The molecule has 1 fully saturated rings. The Bertz CT molecular complexity index is 1680. The molecule has 1 aliphatic rings. The van der Waals surface area contributed by atoms with Crippen molar-refractivity contribution in [1.29, 1.82) is 0 Å². The average molecular weight is 640 g/mol. The van der Waals surface area contributed by atoms with Gasteiger partial charge in [-0.2, -0.15) is 18.3 Å². The number of hydrogen-bond acceptors (Lipinski definition) is 7. The van der Waals surface area contributed by atoms with Gasteiger partial charge in [0.05, 0.1) is 31.0 Å². The van der Waals surface area contributed by atoms with E-state index in [1.165, 1.54) is 49.7 Å². The highest BCUT2D eigenvalue weighted by Gasteiger charge is 2.29. The van der Waals surface area contributed by atoms with Crippen molar-refractivity contribution in [1.82, 2.24) is 15.3 Å². The molecule has 1 aliphatic heterocycles. The zero-order valence-corrected chi connectivity index (χ0v) is 25.1. The van der Waals surface area contributed by atoms with E-state index in [1.807, 2.05) is 0 Å². The van der Waals surface area contributed by atoms with Crippen molar-refractivity contribution in [3.05, 3.63) is 83.8 Å². The van der Waals surface area contributed by atoms with Crippen LogP contribution in [0.15, 0.2) is 72.0 Å². The molecule has 0 atom stereocenters. The van der Waals surface area contributed by atoms with E-state index in [2.05, 4.69) is 25.7 Å². The van der Waals surface area contributed by atoms with Crippen molar-refractivity contribution >= 4 is 28.8 Å². The second kappa shape index (κ2) is 14.9. The minimum Gasteiger partial charge on any atom is -0.493 e. The number of rotatable bonds is 11. The summed E-state index contributed by atoms with van der Waals surface area (Å²) >= 11 is 0. The molecule has 0 unspecified atom stereocenters. The fourth-order valence-corrected chi connectivity index (χ4v) is 5.01. The van der Waals surface area contributed by atoms with Crippen LogP contribution in [0.1, 0.15) is 36.8 Å². The Kier molecular flexibility index (Phi) is 10.5. The maximum absolute atomic E-state index is 15.0. The van der Waals surface area contributed by atoms with Gasteiger partial charge in [0.25, 0.3) is 0 Å². The van der Waals surface area contributed by atoms with E-state index in [9.17, 15) is 18.0 Å². The first-order valence-electron chi connectivity index (χ1n) is 14.8. The van der Waals surface area contributed by atoms with Gasteiger partial charge in [0.15, 0.2) is 23.1 Å². The maximum atomic E-state index is 15.0. The van der Waals surface area contributed by atoms with Crippen molar-refractivity contribution in [2.45, 2.75) is 31.9 Å². The third kappa shape index (κ3) is 8.62. The molecule has 0 aliphatic carbocycles. The molecule has 2 amide bonds. The number of carbonyl (C=O) groups is 1. The quantitative estimate of drug-likeness (QED) is 0.0759. The van der Waals surface area contributed by atoms with Crippen molar-refractivity contribution in [3.8, 4) is 23.0 Å². The van der Waals surface area contributed by atoms with Gasteiger partial charge in [-0.15, -0.1) is 0 Å². The molecule has 13 heteroatoms. The predicted molar refractivity (Wildman–Crippen MR) is 166 cm³/mol. The number of amides is 2. The van der Waals surface area contributed by atoms with Crippen LogP contribution < -0.4 is 25.0 Å². The highest BCUT2D eigenvalue weighted by Crippen LogP contribution is 2.38. The lowest BCUT2D eigenvalue weighted by molar-refractivity contribution is -0.137. The minimum atomic E-state index is -4.45. The van der Waals surface area contributed by atoms with Crippen molar-refractivity contribution < 1.29 is 36.6 Å². The van der Waals surface area contributed by atoms with Gasteiger partial charge >= 0.3 is 12.2 Å². The number of benzene rings is 3. The van der Waals surface area contributed by atoms with Crippen molar-refractivity contribution in [2.75, 3.05) is 38.7 Å². The molecule has 4 aromatic rings. The first-order chi connectivity index (χ1) is 22.2. The molecule has 2 N–H and O–H groups in total. The van der Waals surface area contributed by atoms with Gasteiger partial charge in [0.1, 0.15) is 5.75 Å². The zero-order chi connectivity index (χ0) is 32.5. The number of urea groups is 1. The highest BCUT2D eigenvalue weighted by molar-refractivity contribution is 5.91. The Morgan fingerprint density at radius 1 is 0.978 bits per heavy atom. The highest BCUT2D eigenvalue weighted by atomic mass is 19.4. The van der Waals surface area contributed by atoms with Crippen LogP contribution in [0.3, 0.4) is 0 Å². The number of alkyl halides is 3. The molecule has 2 heterocycles. The third-order valence-electron chi connectivity index (χ3n) is 7.34. The topological polar surface area (TPSA) is 97.3 Å². The van der Waals surface area contributed by atoms with Crippen LogP contribution in [0.25, 0.3) is 10.9 Å². The first-order valence-corrected chi connectivity index (χ1v) is 14.8. The SMILES string of the molecule is COc1cc2c(Oc3ccc(NC(=O)N/N=C/c4ccc(C(F)(F)F)cc4)cc3F)ccnc2cc1OCCCN1CCCCC1. The van der Waals surface area contributed by atoms with Crippen LogP contribution in [-0.2, 0) is 6.18 Å². The summed E-state index contributed by atoms with van der Waals surface area (Å²) in [5.41, 5.74) is 2.42. The molecule has 1 saturated heterocycles. The van der Waals surface area contributed by atoms with E-state index in [0.29, 0.717) is 40.3 Å². The molecule has 0 spiro atoms. The van der Waals surface area contributed by atoms with E-state index in [1.54, 1.807) is 31.5 Å². The van der Waals surface area contributed by atoms with E-state index in [0.717, 1.165) is 44.3 Å². The molecular weight excluding hydrogens is 606 g/mol. The summed E-state index contributed by atoms with van der Waals surface area (Å²) in [4.78, 5) is 19.1. The standard InChI is InChI=1S/C33H33F4N5O4/c1-44-30-19-25-27(20-31(30)45-17-5-16-42-14-3-2-4-15-42)38-13-12-28(25)46-29-11-10-24(18-26(29)34)40-32(43)41-39-21-22-6-8-23(9-7-22)33(35,36)37/h6-13,18-21H,2-5,14-17H2,1H3,(H2,40,41,43)/b39-21+. The van der Waals surface area contributed by atoms with Crippen LogP contribution in [-0.4, -0.2) is 55.5 Å². The molecule has 5 rings (SSSR count). The summed E-state index contributed by atoms with van der Waals surface area (Å²) in [5.74, 6) is 0.569. The number of anilines is 1. The first kappa shape index (κ1) is 32.5. The fraction of sp³-hybridized carbons (Fsp3) is 0.303. The van der Waals surface area contributed by atoms with Crippen LogP contribution in [0.5, 0.6) is 23.0 Å². The van der Waals surface area contributed by atoms with E-state index in [4.69, 9.17) is 14.2 Å². The number of piperidine rings is 1. The number of fused-ring (bicyclic) bond motifs is 1. The van der Waals surface area contributed by atoms with E-state index >= 15 is 4.39 Å². The second-order valence-electron chi connectivity index (χ2n) is 10.6. The number of nitrogens with one attached hydrogen (secondary N) is 2. The van der Waals surface area contributed by atoms with E-state index < -0.39 is 23.6 Å². The van der Waals surface area contributed by atoms with Gasteiger partial charge in [0, 0.05) is 35.9 Å². The summed E-state index contributed by atoms with van der Waals surface area (Å²) in [6.07, 6.45) is 2.95. The summed E-state index contributed by atoms with van der Waals surface area (Å²) in [6.45, 7) is 3.78. The number of halogens is 4. The number of pyridine rings is 1. The number of carbonyl (C=O) groups excluding carboxylic acids is 1. The molecule has 1 aromatic heterocycles. The summed E-state index contributed by atoms with van der Waals surface area (Å²) in [6, 6.07) is 12.4. The fourth-order valence-electron chi connectivity index (χ4n) is 5.01. The Labute approximate surface area is 263 Å². The van der Waals surface area contributed by atoms with Gasteiger partial charge in [0.2, 0.25) is 0 Å². The Hall–Kier alpha value is -4.91. The molecule has 0 bridgehead atoms. The molecule has 0 radical (unpaired) electrons. The monoisotopic (exact) mass is 639 g/mol. The van der Waals surface area contributed by atoms with Gasteiger partial charge < -0.3 is 24.4 Å². The number of hydrazone groups is 1. The van der Waals surface area contributed by atoms with Crippen LogP contribution in [0.2, 0.25) is 0 Å². The van der Waals surface area contributed by atoms with Gasteiger partial charge in [-0.3, -0.25) is 4.98 Å². The zero-order valence-electron chi connectivity index (χ0n) is 25.1. The summed E-state index contributed by atoms with van der Waals surface area (Å²) < 4.78 is 70.6. The van der Waals surface area contributed by atoms with Crippen LogP contribution >= 0.6 is 0 Å². The number of aromatic nitrogens is 1. The Morgan fingerprint density at radius 3 is 2.48 bits per heavy atom. The predicted octanol–water partition coefficient (Wildman–Crippen LogP) is 7.60. The van der Waals surface area contributed by atoms with Crippen molar-refractivity contribution in [2.24, 2.45) is 5.10 Å². The molecule has 0 saturated carbocycles.